The van der Waals surface area contributed by atoms with Crippen molar-refractivity contribution in [3.8, 4) is 41.2 Å². The van der Waals surface area contributed by atoms with Crippen molar-refractivity contribution in [1.82, 2.24) is 5.32 Å². The summed E-state index contributed by atoms with van der Waals surface area (Å²) in [7, 11) is 1.62. The van der Waals surface area contributed by atoms with Crippen molar-refractivity contribution < 1.29 is 33.3 Å². The number of esters is 1. The number of nitrogens with one attached hydrogen (secondary N) is 1. The summed E-state index contributed by atoms with van der Waals surface area (Å²) in [5.41, 5.74) is 3.20. The fraction of sp³-hybridized carbons (Fsp3) is 0.333. The monoisotopic (exact) mass is 787 g/mol. The van der Waals surface area contributed by atoms with Crippen LogP contribution in [0.3, 0.4) is 0 Å². The molecule has 2 N–H and O–H groups in total. The Labute approximate surface area is 305 Å². The Morgan fingerprint density at radius 1 is 0.920 bits per heavy atom. The Morgan fingerprint density at radius 3 is 2.42 bits per heavy atom. The molecule has 1 amide bonds. The third-order valence-corrected chi connectivity index (χ3v) is 8.37. The number of unbranched alkanes of at least 4 members (excludes halogenated alkanes) is 3. The minimum Gasteiger partial charge on any atom is -0.497 e. The average Bonchev–Trinajstić information content (AvgIpc) is 3.48. The Hall–Kier alpha value is -5.03. The van der Waals surface area contributed by atoms with Crippen molar-refractivity contribution in [3.05, 3.63) is 86.2 Å². The first-order valence-corrected chi connectivity index (χ1v) is 17.4. The number of furan rings is 1. The predicted molar refractivity (Wildman–Crippen MR) is 196 cm³/mol. The highest BCUT2D eigenvalue weighted by molar-refractivity contribution is 14.1. The first-order valence-electron chi connectivity index (χ1n) is 16.3. The van der Waals surface area contributed by atoms with Crippen molar-refractivity contribution >= 4 is 45.4 Å². The van der Waals surface area contributed by atoms with Gasteiger partial charge in [-0.15, -0.1) is 0 Å². The molecule has 50 heavy (non-hydrogen) atoms. The topological polar surface area (TPSA) is 155 Å². The van der Waals surface area contributed by atoms with E-state index < -0.39 is 5.97 Å². The maximum Gasteiger partial charge on any atom is 0.342 e. The molecule has 0 saturated heterocycles. The standard InChI is InChI=1S/C39H38IN3O7/c1-47-30-14-12-27(13-15-30)9-8-22-48-39(46)37-32-26-31(16-17-34(32)50-35(37)11-5-7-19-42)49-38-29(10-4-2-3-6-18-41)23-28(24-33(38)40)25-36(45)43-20-21-44/h12-17,23-24,26,44H,2-3,5-9,11,20-22,25H2,1H3,(H,43,45). The molecular formula is C39H38IN3O7. The van der Waals surface area contributed by atoms with Gasteiger partial charge in [0.05, 0.1) is 48.0 Å². The lowest BCUT2D eigenvalue weighted by Gasteiger charge is -2.13. The van der Waals surface area contributed by atoms with Crippen molar-refractivity contribution in [2.75, 3.05) is 26.9 Å². The number of nitriles is 2. The number of benzene rings is 3. The molecule has 258 valence electrons. The average molecular weight is 788 g/mol. The molecule has 4 aromatic rings. The first-order chi connectivity index (χ1) is 24.4. The van der Waals surface area contributed by atoms with E-state index in [0.717, 1.165) is 26.9 Å². The molecule has 0 aliphatic heterocycles. The molecule has 0 aliphatic carbocycles. The van der Waals surface area contributed by atoms with Gasteiger partial charge in [0.1, 0.15) is 28.4 Å². The molecular weight excluding hydrogens is 749 g/mol. The van der Waals surface area contributed by atoms with Gasteiger partial charge >= 0.3 is 5.97 Å². The van der Waals surface area contributed by atoms with Gasteiger partial charge in [0.15, 0.2) is 5.75 Å². The lowest BCUT2D eigenvalue weighted by Crippen LogP contribution is -2.27. The van der Waals surface area contributed by atoms with Crippen LogP contribution in [0.2, 0.25) is 0 Å². The fourth-order valence-corrected chi connectivity index (χ4v) is 5.95. The summed E-state index contributed by atoms with van der Waals surface area (Å²) in [4.78, 5) is 25.9. The second kappa shape index (κ2) is 19.8. The number of fused-ring (bicyclic) bond motifs is 1. The zero-order valence-corrected chi connectivity index (χ0v) is 30.0. The van der Waals surface area contributed by atoms with Crippen LogP contribution in [0.4, 0.5) is 0 Å². The molecule has 0 bridgehead atoms. The van der Waals surface area contributed by atoms with Gasteiger partial charge in [0.2, 0.25) is 5.91 Å². The number of nitrogens with zero attached hydrogens (tertiary/aromatic N) is 2. The third kappa shape index (κ3) is 11.0. The van der Waals surface area contributed by atoms with Gasteiger partial charge in [-0.25, -0.2) is 4.79 Å². The summed E-state index contributed by atoms with van der Waals surface area (Å²) in [5.74, 6) is 7.67. The maximum atomic E-state index is 13.5. The Balaban J connectivity index is 1.60. The molecule has 0 radical (unpaired) electrons. The Bertz CT molecular complexity index is 1930. The van der Waals surface area contributed by atoms with Crippen LogP contribution < -0.4 is 14.8 Å². The lowest BCUT2D eigenvalue weighted by molar-refractivity contribution is -0.120. The van der Waals surface area contributed by atoms with E-state index in [0.29, 0.717) is 84.3 Å². The van der Waals surface area contributed by atoms with Crippen LogP contribution in [0, 0.1) is 38.1 Å². The Morgan fingerprint density at radius 2 is 1.68 bits per heavy atom. The maximum absolute atomic E-state index is 13.5. The van der Waals surface area contributed by atoms with E-state index in [2.05, 4.69) is 51.9 Å². The summed E-state index contributed by atoms with van der Waals surface area (Å²) >= 11 is 2.14. The van der Waals surface area contributed by atoms with Crippen LogP contribution in [0.25, 0.3) is 11.0 Å². The minimum absolute atomic E-state index is 0.0977. The van der Waals surface area contributed by atoms with Gasteiger partial charge in [0, 0.05) is 37.6 Å². The van der Waals surface area contributed by atoms with Crippen LogP contribution in [-0.2, 0) is 28.8 Å². The van der Waals surface area contributed by atoms with E-state index in [1.807, 2.05) is 30.3 Å². The van der Waals surface area contributed by atoms with E-state index >= 15 is 0 Å². The van der Waals surface area contributed by atoms with Crippen LogP contribution >= 0.6 is 22.6 Å². The summed E-state index contributed by atoms with van der Waals surface area (Å²) in [6.07, 6.45) is 4.24. The van der Waals surface area contributed by atoms with Crippen LogP contribution in [0.1, 0.15) is 71.3 Å². The van der Waals surface area contributed by atoms with Gasteiger partial charge < -0.3 is 29.1 Å². The molecule has 1 aromatic heterocycles. The number of amides is 1. The molecule has 10 nitrogen and oxygen atoms in total. The molecule has 0 saturated carbocycles. The minimum atomic E-state index is -0.509. The molecule has 0 aliphatic rings. The van der Waals surface area contributed by atoms with Gasteiger partial charge in [-0.05, 0) is 102 Å². The van der Waals surface area contributed by atoms with Crippen LogP contribution in [0.15, 0.2) is 59.0 Å². The number of aryl methyl sites for hydroxylation is 2. The van der Waals surface area contributed by atoms with E-state index in [1.165, 1.54) is 0 Å². The summed E-state index contributed by atoms with van der Waals surface area (Å²) < 4.78 is 24.2. The number of halogens is 1. The smallest absolute Gasteiger partial charge is 0.342 e. The third-order valence-electron chi connectivity index (χ3n) is 7.57. The zero-order chi connectivity index (χ0) is 35.7. The number of hydrogen-bond donors (Lipinski definition) is 2. The highest BCUT2D eigenvalue weighted by Crippen LogP contribution is 2.36. The lowest BCUT2D eigenvalue weighted by atomic mass is 10.1. The molecule has 0 unspecified atom stereocenters. The quantitative estimate of drug-likeness (QED) is 0.0491. The molecule has 0 spiro atoms. The molecule has 1 heterocycles. The predicted octanol–water partition coefficient (Wildman–Crippen LogP) is 7.17. The molecule has 4 rings (SSSR count). The molecule has 0 atom stereocenters. The molecule has 0 fully saturated rings. The fourth-order valence-electron chi connectivity index (χ4n) is 5.15. The largest absolute Gasteiger partial charge is 0.497 e. The van der Waals surface area contributed by atoms with Crippen molar-refractivity contribution in [1.29, 1.82) is 10.5 Å². The van der Waals surface area contributed by atoms with E-state index in [1.54, 1.807) is 31.4 Å². The summed E-state index contributed by atoms with van der Waals surface area (Å²) in [6.45, 7) is 0.227. The van der Waals surface area contributed by atoms with Gasteiger partial charge in [0.25, 0.3) is 0 Å². The van der Waals surface area contributed by atoms with E-state index in [4.69, 9.17) is 34.3 Å². The van der Waals surface area contributed by atoms with Crippen LogP contribution in [0.5, 0.6) is 17.2 Å². The second-order valence-corrected chi connectivity index (χ2v) is 12.4. The van der Waals surface area contributed by atoms with Crippen molar-refractivity contribution in [2.45, 2.75) is 57.8 Å². The number of carbonyl (C=O) groups is 2. The van der Waals surface area contributed by atoms with Crippen molar-refractivity contribution in [3.63, 3.8) is 0 Å². The number of aliphatic hydroxyl groups is 1. The molecule has 11 heteroatoms. The number of aliphatic hydroxyl groups excluding tert-OH is 1. The number of methoxy groups -OCH3 is 1. The number of ether oxygens (including phenoxy) is 3. The zero-order valence-electron chi connectivity index (χ0n) is 27.9. The normalized spacial score (nSPS) is 10.4. The van der Waals surface area contributed by atoms with Gasteiger partial charge in [-0.3, -0.25) is 4.79 Å². The highest BCUT2D eigenvalue weighted by atomic mass is 127. The van der Waals surface area contributed by atoms with Crippen LogP contribution in [-0.4, -0.2) is 43.9 Å². The molecule has 3 aromatic carbocycles. The van der Waals surface area contributed by atoms with Crippen molar-refractivity contribution in [2.24, 2.45) is 0 Å². The SMILES string of the molecule is COc1ccc(CCCOC(=O)c2c(CCCC#N)oc3ccc(Oc4c(I)cc(CC(=O)NCCO)cc4C#CCCCC#N)cc23)cc1. The number of carbonyl (C=O) groups excluding carboxylic acids is 2. The number of rotatable bonds is 17. The summed E-state index contributed by atoms with van der Waals surface area (Å²) in [6, 6.07) is 20.9. The second-order valence-electron chi connectivity index (χ2n) is 11.3. The van der Waals surface area contributed by atoms with E-state index in [9.17, 15) is 9.59 Å². The number of hydrogen-bond acceptors (Lipinski definition) is 9. The summed E-state index contributed by atoms with van der Waals surface area (Å²) in [5, 5.41) is 30.2. The van der Waals surface area contributed by atoms with Gasteiger partial charge in [-0.1, -0.05) is 24.0 Å². The van der Waals surface area contributed by atoms with E-state index in [-0.39, 0.29) is 32.1 Å². The highest BCUT2D eigenvalue weighted by Gasteiger charge is 2.23. The Kier molecular flexibility index (Phi) is 15.0. The first kappa shape index (κ1) is 37.8. The van der Waals surface area contributed by atoms with Gasteiger partial charge in [-0.2, -0.15) is 10.5 Å².